The van der Waals surface area contributed by atoms with Crippen LogP contribution in [0.5, 0.6) is 5.75 Å². The van der Waals surface area contributed by atoms with E-state index in [4.69, 9.17) is 14.2 Å². The summed E-state index contributed by atoms with van der Waals surface area (Å²) >= 11 is 0. The third-order valence-electron chi connectivity index (χ3n) is 5.47. The number of alkyl carbamates (subject to hydrolysis) is 1. The van der Waals surface area contributed by atoms with Gasteiger partial charge >= 0.3 is 12.1 Å². The number of methoxy groups -OCH3 is 1. The molecule has 1 unspecified atom stereocenters. The Labute approximate surface area is 193 Å². The van der Waals surface area contributed by atoms with Crippen molar-refractivity contribution in [1.29, 1.82) is 0 Å². The van der Waals surface area contributed by atoms with Crippen LogP contribution >= 0.6 is 0 Å². The first-order chi connectivity index (χ1) is 15.6. The van der Waals surface area contributed by atoms with Crippen LogP contribution in [0.3, 0.4) is 0 Å². The molecule has 1 N–H and O–H groups in total. The molecule has 0 aliphatic carbocycles. The maximum absolute atomic E-state index is 13.0. The molecule has 1 fully saturated rings. The Hall–Kier alpha value is -3.23. The number of hydrogen-bond acceptors (Lipinski definition) is 7. The number of aryl methyl sites for hydroxylation is 1. The number of nitrogens with one attached hydrogen (secondary N) is 1. The molecule has 0 spiro atoms. The van der Waals surface area contributed by atoms with Crippen LogP contribution in [-0.2, 0) is 15.9 Å². The van der Waals surface area contributed by atoms with Crippen LogP contribution in [0.4, 0.5) is 10.5 Å². The van der Waals surface area contributed by atoms with Gasteiger partial charge in [-0.05, 0) is 58.2 Å². The fourth-order valence-corrected chi connectivity index (χ4v) is 4.08. The van der Waals surface area contributed by atoms with Gasteiger partial charge in [0.1, 0.15) is 11.2 Å². The number of carbonyl (C=O) groups excluding carboxylic acids is 2. The molecule has 9 heteroatoms. The standard InChI is InChI=1S/C24H33N3O6/c1-7-15-13-17(22(29)32-8-2)21(28)27-12-10-18(20(31-6)19(15)27)26-11-9-16(14-26)25-23(30)33-24(3,4)5/h10,12-13,16H,7-9,11,14H2,1-6H3,(H,25,30). The third kappa shape index (κ3) is 5.23. The van der Waals surface area contributed by atoms with Crippen molar-refractivity contribution in [3.63, 3.8) is 0 Å². The Morgan fingerprint density at radius 1 is 1.24 bits per heavy atom. The second-order valence-corrected chi connectivity index (χ2v) is 8.99. The predicted molar refractivity (Wildman–Crippen MR) is 126 cm³/mol. The van der Waals surface area contributed by atoms with Crippen molar-refractivity contribution in [3.05, 3.63) is 39.8 Å². The first-order valence-corrected chi connectivity index (χ1v) is 11.3. The second-order valence-electron chi connectivity index (χ2n) is 8.99. The van der Waals surface area contributed by atoms with Crippen LogP contribution in [0.1, 0.15) is 57.0 Å². The fourth-order valence-electron chi connectivity index (χ4n) is 4.08. The summed E-state index contributed by atoms with van der Waals surface area (Å²) in [6, 6.07) is 3.33. The van der Waals surface area contributed by atoms with E-state index in [1.165, 1.54) is 4.40 Å². The highest BCUT2D eigenvalue weighted by Gasteiger charge is 2.29. The maximum Gasteiger partial charge on any atom is 0.407 e. The van der Waals surface area contributed by atoms with E-state index in [1.54, 1.807) is 32.4 Å². The SMILES string of the molecule is CCOC(=O)c1cc(CC)c2c(OC)c(N3CCC(NC(=O)OC(C)(C)C)C3)ccn2c1=O. The second kappa shape index (κ2) is 9.72. The van der Waals surface area contributed by atoms with Gasteiger partial charge < -0.3 is 24.4 Å². The van der Waals surface area contributed by atoms with Crippen molar-refractivity contribution in [2.75, 3.05) is 31.7 Å². The average molecular weight is 460 g/mol. The number of nitrogens with zero attached hydrogens (tertiary/aromatic N) is 2. The van der Waals surface area contributed by atoms with Gasteiger partial charge in [0.2, 0.25) is 0 Å². The highest BCUT2D eigenvalue weighted by atomic mass is 16.6. The highest BCUT2D eigenvalue weighted by Crippen LogP contribution is 2.36. The lowest BCUT2D eigenvalue weighted by Gasteiger charge is -2.24. The summed E-state index contributed by atoms with van der Waals surface area (Å²) < 4.78 is 17.6. The number of amides is 1. The van der Waals surface area contributed by atoms with Gasteiger partial charge in [0.15, 0.2) is 5.75 Å². The minimum Gasteiger partial charge on any atom is -0.492 e. The number of hydrogen-bond donors (Lipinski definition) is 1. The quantitative estimate of drug-likeness (QED) is 0.663. The molecule has 33 heavy (non-hydrogen) atoms. The largest absolute Gasteiger partial charge is 0.492 e. The summed E-state index contributed by atoms with van der Waals surface area (Å²) in [6.45, 7) is 10.6. The zero-order chi connectivity index (χ0) is 24.3. The zero-order valence-corrected chi connectivity index (χ0v) is 20.2. The number of esters is 1. The van der Waals surface area contributed by atoms with Gasteiger partial charge in [-0.1, -0.05) is 6.92 Å². The first kappa shape index (κ1) is 24.4. The molecule has 3 rings (SSSR count). The molecule has 2 aromatic rings. The number of rotatable bonds is 6. The van der Waals surface area contributed by atoms with Gasteiger partial charge in [-0.25, -0.2) is 9.59 Å². The van der Waals surface area contributed by atoms with E-state index in [2.05, 4.69) is 10.2 Å². The molecule has 3 heterocycles. The van der Waals surface area contributed by atoms with Gasteiger partial charge in [0.05, 0.1) is 31.0 Å². The van der Waals surface area contributed by atoms with Crippen molar-refractivity contribution in [3.8, 4) is 5.75 Å². The van der Waals surface area contributed by atoms with Crippen molar-refractivity contribution in [2.24, 2.45) is 0 Å². The molecule has 0 aromatic carbocycles. The molecular weight excluding hydrogens is 426 g/mol. The first-order valence-electron chi connectivity index (χ1n) is 11.3. The topological polar surface area (TPSA) is 98.6 Å². The van der Waals surface area contributed by atoms with Crippen LogP contribution in [-0.4, -0.2) is 54.9 Å². The monoisotopic (exact) mass is 459 g/mol. The van der Waals surface area contributed by atoms with E-state index in [1.807, 2.05) is 27.7 Å². The van der Waals surface area contributed by atoms with Crippen LogP contribution in [0.15, 0.2) is 23.1 Å². The normalized spacial score (nSPS) is 16.1. The lowest BCUT2D eigenvalue weighted by atomic mass is 10.1. The van der Waals surface area contributed by atoms with E-state index >= 15 is 0 Å². The van der Waals surface area contributed by atoms with Crippen molar-refractivity contribution < 1.29 is 23.8 Å². The van der Waals surface area contributed by atoms with Crippen LogP contribution < -0.4 is 20.5 Å². The molecule has 2 aromatic heterocycles. The van der Waals surface area contributed by atoms with Crippen LogP contribution in [0, 0.1) is 0 Å². The van der Waals surface area contributed by atoms with Gasteiger partial charge in [0.25, 0.3) is 5.56 Å². The highest BCUT2D eigenvalue weighted by molar-refractivity contribution is 5.91. The fraction of sp³-hybridized carbons (Fsp3) is 0.542. The van der Waals surface area contributed by atoms with E-state index in [9.17, 15) is 14.4 Å². The predicted octanol–water partition coefficient (Wildman–Crippen LogP) is 3.15. The molecule has 1 saturated heterocycles. The van der Waals surface area contributed by atoms with Crippen molar-refractivity contribution in [2.45, 2.75) is 59.1 Å². The summed E-state index contributed by atoms with van der Waals surface area (Å²) in [4.78, 5) is 39.6. The molecule has 9 nitrogen and oxygen atoms in total. The summed E-state index contributed by atoms with van der Waals surface area (Å²) in [6.07, 6.45) is 2.57. The van der Waals surface area contributed by atoms with E-state index in [0.717, 1.165) is 17.7 Å². The van der Waals surface area contributed by atoms with Crippen LogP contribution in [0.25, 0.3) is 5.52 Å². The number of aromatic nitrogens is 1. The number of carbonyl (C=O) groups is 2. The van der Waals surface area contributed by atoms with E-state index in [-0.39, 0.29) is 18.2 Å². The van der Waals surface area contributed by atoms with Crippen molar-refractivity contribution in [1.82, 2.24) is 9.72 Å². The van der Waals surface area contributed by atoms with Gasteiger partial charge in [0, 0.05) is 19.3 Å². The molecule has 1 aliphatic rings. The number of anilines is 1. The lowest BCUT2D eigenvalue weighted by Crippen LogP contribution is -2.40. The minimum atomic E-state index is -0.634. The summed E-state index contributed by atoms with van der Waals surface area (Å²) in [5.41, 5.74) is 1.25. The summed E-state index contributed by atoms with van der Waals surface area (Å²) in [5.74, 6) is -0.0787. The minimum absolute atomic E-state index is 0.00352. The Morgan fingerprint density at radius 3 is 2.58 bits per heavy atom. The Bertz CT molecular complexity index is 1100. The average Bonchev–Trinajstić information content (AvgIpc) is 3.20. The number of ether oxygens (including phenoxy) is 3. The Morgan fingerprint density at radius 2 is 1.97 bits per heavy atom. The zero-order valence-electron chi connectivity index (χ0n) is 20.2. The molecule has 1 atom stereocenters. The van der Waals surface area contributed by atoms with E-state index in [0.29, 0.717) is 30.8 Å². The van der Waals surface area contributed by atoms with Crippen molar-refractivity contribution >= 4 is 23.3 Å². The molecular formula is C24H33N3O6. The Kier molecular flexibility index (Phi) is 7.19. The molecule has 180 valence electrons. The Balaban J connectivity index is 1.95. The van der Waals surface area contributed by atoms with Gasteiger partial charge in [-0.15, -0.1) is 0 Å². The maximum atomic E-state index is 13.0. The molecule has 0 bridgehead atoms. The summed E-state index contributed by atoms with van der Waals surface area (Å²) in [7, 11) is 1.56. The molecule has 1 aliphatic heterocycles. The van der Waals surface area contributed by atoms with Gasteiger partial charge in [-0.3, -0.25) is 9.20 Å². The number of pyridine rings is 2. The molecule has 0 saturated carbocycles. The van der Waals surface area contributed by atoms with Gasteiger partial charge in [-0.2, -0.15) is 0 Å². The lowest BCUT2D eigenvalue weighted by molar-refractivity contribution is 0.0503. The number of fused-ring (bicyclic) bond motifs is 1. The third-order valence-corrected chi connectivity index (χ3v) is 5.47. The molecule has 1 amide bonds. The van der Waals surface area contributed by atoms with Crippen LogP contribution in [0.2, 0.25) is 0 Å². The molecule has 0 radical (unpaired) electrons. The smallest absolute Gasteiger partial charge is 0.407 e. The summed E-state index contributed by atoms with van der Waals surface area (Å²) in [5, 5.41) is 2.92. The van der Waals surface area contributed by atoms with E-state index < -0.39 is 23.2 Å².